The summed E-state index contributed by atoms with van der Waals surface area (Å²) in [5, 5.41) is 16.8. The van der Waals surface area contributed by atoms with E-state index in [0.29, 0.717) is 18.5 Å². The van der Waals surface area contributed by atoms with Gasteiger partial charge in [0.1, 0.15) is 11.3 Å². The normalized spacial score (nSPS) is 22.0. The first-order valence-corrected chi connectivity index (χ1v) is 14.8. The van der Waals surface area contributed by atoms with Gasteiger partial charge in [-0.15, -0.1) is 5.10 Å². The second kappa shape index (κ2) is 11.0. The Hall–Kier alpha value is -2.84. The van der Waals surface area contributed by atoms with E-state index >= 15 is 4.39 Å². The standard InChI is InChI=1S/C25H38FN7O5S/c1-7-39(36,37)33-16-9-8-10-17(33)13-18(12-16)31(6)23-27-19(14-34)21(26)22(29-23)28-20-11-15(2)32(30-20)24(35)38-25(3,4)5/h11,16-18,34H,7-10,12-14H2,1-6H3,(H,27,28,29,30)/t16-,17+,18?. The lowest BCUT2D eigenvalue weighted by Crippen LogP contribution is -2.58. The number of piperidine rings is 2. The van der Waals surface area contributed by atoms with Crippen LogP contribution in [-0.2, 0) is 21.4 Å². The number of anilines is 3. The average Bonchev–Trinajstić information content (AvgIpc) is 3.23. The van der Waals surface area contributed by atoms with Crippen molar-refractivity contribution < 1.29 is 27.4 Å². The number of aliphatic hydroxyl groups is 1. The van der Waals surface area contributed by atoms with Crippen LogP contribution in [0.15, 0.2) is 6.07 Å². The zero-order valence-electron chi connectivity index (χ0n) is 23.3. The number of carbonyl (C=O) groups excluding carboxylic acids is 1. The van der Waals surface area contributed by atoms with E-state index in [0.717, 1.165) is 23.9 Å². The Morgan fingerprint density at radius 1 is 1.26 bits per heavy atom. The lowest BCUT2D eigenvalue weighted by atomic mass is 9.83. The van der Waals surface area contributed by atoms with Crippen molar-refractivity contribution in [2.45, 2.75) is 97.1 Å². The van der Waals surface area contributed by atoms with Crippen LogP contribution < -0.4 is 10.2 Å². The molecule has 2 aliphatic rings. The van der Waals surface area contributed by atoms with Gasteiger partial charge in [0.2, 0.25) is 16.0 Å². The number of aliphatic hydroxyl groups excluding tert-OH is 1. The fraction of sp³-hybridized carbons (Fsp3) is 0.680. The summed E-state index contributed by atoms with van der Waals surface area (Å²) in [6, 6.07) is 1.27. The van der Waals surface area contributed by atoms with Crippen LogP contribution in [0.2, 0.25) is 0 Å². The minimum Gasteiger partial charge on any atom is -0.442 e. The first kappa shape index (κ1) is 29.2. The first-order valence-electron chi connectivity index (χ1n) is 13.2. The molecule has 0 radical (unpaired) electrons. The minimum absolute atomic E-state index is 0.0675. The van der Waals surface area contributed by atoms with Gasteiger partial charge in [0.15, 0.2) is 17.5 Å². The summed E-state index contributed by atoms with van der Waals surface area (Å²) < 4.78 is 48.8. The Morgan fingerprint density at radius 3 is 2.46 bits per heavy atom. The molecule has 2 saturated heterocycles. The molecular weight excluding hydrogens is 529 g/mol. The highest BCUT2D eigenvalue weighted by molar-refractivity contribution is 7.89. The summed E-state index contributed by atoms with van der Waals surface area (Å²) in [4.78, 5) is 23.0. The number of sulfonamides is 1. The summed E-state index contributed by atoms with van der Waals surface area (Å²) in [6.45, 7) is 7.92. The van der Waals surface area contributed by atoms with E-state index in [1.807, 2.05) is 4.90 Å². The molecule has 39 heavy (non-hydrogen) atoms. The number of fused-ring (bicyclic) bond motifs is 2. The number of aromatic nitrogens is 4. The van der Waals surface area contributed by atoms with Crippen LogP contribution in [0.4, 0.5) is 26.8 Å². The van der Waals surface area contributed by atoms with Gasteiger partial charge in [0, 0.05) is 36.9 Å². The average molecular weight is 568 g/mol. The summed E-state index contributed by atoms with van der Waals surface area (Å²) in [5.74, 6) is -0.599. The molecule has 1 unspecified atom stereocenters. The molecule has 2 aliphatic heterocycles. The summed E-state index contributed by atoms with van der Waals surface area (Å²) >= 11 is 0. The maximum atomic E-state index is 15.2. The van der Waals surface area contributed by atoms with Crippen LogP contribution in [0.1, 0.15) is 71.2 Å². The van der Waals surface area contributed by atoms with Gasteiger partial charge in [0.05, 0.1) is 12.4 Å². The van der Waals surface area contributed by atoms with Crippen molar-refractivity contribution in [2.24, 2.45) is 0 Å². The van der Waals surface area contributed by atoms with Gasteiger partial charge in [-0.2, -0.15) is 14.0 Å². The lowest BCUT2D eigenvalue weighted by molar-refractivity contribution is 0.0511. The van der Waals surface area contributed by atoms with Gasteiger partial charge in [-0.1, -0.05) is 6.42 Å². The summed E-state index contributed by atoms with van der Waals surface area (Å²) in [7, 11) is -1.53. The highest BCUT2D eigenvalue weighted by Crippen LogP contribution is 2.38. The molecule has 2 N–H and O–H groups in total. The third kappa shape index (κ3) is 6.17. The summed E-state index contributed by atoms with van der Waals surface area (Å²) in [5.41, 5.74) is -0.433. The maximum Gasteiger partial charge on any atom is 0.435 e. The van der Waals surface area contributed by atoms with E-state index in [9.17, 15) is 18.3 Å². The van der Waals surface area contributed by atoms with E-state index in [1.54, 1.807) is 52.0 Å². The zero-order valence-corrected chi connectivity index (χ0v) is 24.1. The number of carbonyl (C=O) groups is 1. The quantitative estimate of drug-likeness (QED) is 0.511. The van der Waals surface area contributed by atoms with Crippen LogP contribution in [0.25, 0.3) is 0 Å². The highest BCUT2D eigenvalue weighted by atomic mass is 32.2. The number of hydrogen-bond acceptors (Lipinski definition) is 10. The molecule has 2 fully saturated rings. The number of nitrogens with zero attached hydrogens (tertiary/aromatic N) is 6. The van der Waals surface area contributed by atoms with Crippen molar-refractivity contribution in [3.05, 3.63) is 23.3 Å². The number of rotatable bonds is 7. The molecule has 216 valence electrons. The molecule has 3 atom stereocenters. The van der Waals surface area contributed by atoms with Crippen LogP contribution in [-0.4, -0.2) is 80.2 Å². The largest absolute Gasteiger partial charge is 0.442 e. The maximum absolute atomic E-state index is 15.2. The smallest absolute Gasteiger partial charge is 0.435 e. The Bertz CT molecular complexity index is 1310. The molecule has 12 nitrogen and oxygen atoms in total. The van der Waals surface area contributed by atoms with Crippen LogP contribution in [0.3, 0.4) is 0 Å². The molecule has 0 amide bonds. The summed E-state index contributed by atoms with van der Waals surface area (Å²) in [6.07, 6.45) is 3.09. The predicted octanol–water partition coefficient (Wildman–Crippen LogP) is 3.31. The topological polar surface area (TPSA) is 143 Å². The van der Waals surface area contributed by atoms with Crippen molar-refractivity contribution in [1.29, 1.82) is 0 Å². The molecule has 4 heterocycles. The van der Waals surface area contributed by atoms with Crippen molar-refractivity contribution >= 4 is 33.7 Å². The van der Waals surface area contributed by atoms with Gasteiger partial charge in [-0.05, 0) is 60.3 Å². The van der Waals surface area contributed by atoms with Gasteiger partial charge in [-0.25, -0.2) is 22.6 Å². The molecule has 0 spiro atoms. The Balaban J connectivity index is 1.59. The Labute approximate surface area is 228 Å². The van der Waals surface area contributed by atoms with E-state index in [-0.39, 0.29) is 47.2 Å². The van der Waals surface area contributed by atoms with E-state index in [4.69, 9.17) is 4.74 Å². The van der Waals surface area contributed by atoms with Crippen LogP contribution >= 0.6 is 0 Å². The van der Waals surface area contributed by atoms with Crippen LogP contribution in [0.5, 0.6) is 0 Å². The fourth-order valence-electron chi connectivity index (χ4n) is 5.37. The number of nitrogens with one attached hydrogen (secondary N) is 1. The van der Waals surface area contributed by atoms with Crippen molar-refractivity contribution in [2.75, 3.05) is 23.0 Å². The number of ether oxygens (including phenoxy) is 1. The molecular formula is C25H38FN7O5S. The van der Waals surface area contributed by atoms with Crippen LogP contribution in [0, 0.1) is 12.7 Å². The van der Waals surface area contributed by atoms with Crippen molar-refractivity contribution in [3.63, 3.8) is 0 Å². The molecule has 2 aromatic heterocycles. The zero-order chi connectivity index (χ0) is 28.7. The molecule has 2 bridgehead atoms. The first-order chi connectivity index (χ1) is 18.2. The third-order valence-corrected chi connectivity index (χ3v) is 9.16. The second-order valence-electron chi connectivity index (χ2n) is 11.2. The van der Waals surface area contributed by atoms with Gasteiger partial charge in [-0.3, -0.25) is 0 Å². The van der Waals surface area contributed by atoms with E-state index in [1.165, 1.54) is 0 Å². The molecule has 0 aliphatic carbocycles. The lowest BCUT2D eigenvalue weighted by Gasteiger charge is -2.49. The number of halogens is 1. The highest BCUT2D eigenvalue weighted by Gasteiger charge is 2.45. The molecule has 14 heteroatoms. The van der Waals surface area contributed by atoms with Crippen molar-refractivity contribution in [3.8, 4) is 0 Å². The minimum atomic E-state index is -3.32. The SMILES string of the molecule is CCS(=O)(=O)N1[C@@H]2CCC[C@H]1CC(N(C)c1nc(CO)c(F)c(Nc3cc(C)n(C(=O)OC(C)(C)C)n3)n1)C2. The Morgan fingerprint density at radius 2 is 1.90 bits per heavy atom. The third-order valence-electron chi connectivity index (χ3n) is 7.19. The van der Waals surface area contributed by atoms with Gasteiger partial charge in [0.25, 0.3) is 0 Å². The predicted molar refractivity (Wildman–Crippen MR) is 144 cm³/mol. The van der Waals surface area contributed by atoms with E-state index in [2.05, 4.69) is 20.4 Å². The van der Waals surface area contributed by atoms with Crippen molar-refractivity contribution in [1.82, 2.24) is 24.1 Å². The Kier molecular flexibility index (Phi) is 8.20. The number of hydrogen-bond donors (Lipinski definition) is 2. The number of aryl methyl sites for hydroxylation is 1. The van der Waals surface area contributed by atoms with Gasteiger partial charge < -0.3 is 20.1 Å². The van der Waals surface area contributed by atoms with Gasteiger partial charge >= 0.3 is 6.09 Å². The molecule has 0 saturated carbocycles. The fourth-order valence-corrected chi connectivity index (χ4v) is 6.95. The molecule has 4 rings (SSSR count). The molecule has 0 aromatic carbocycles. The second-order valence-corrected chi connectivity index (χ2v) is 13.3. The van der Waals surface area contributed by atoms with E-state index < -0.39 is 34.1 Å². The monoisotopic (exact) mass is 567 g/mol. The molecule has 2 aromatic rings.